The van der Waals surface area contributed by atoms with Gasteiger partial charge in [0.2, 0.25) is 0 Å². The number of nitrogens with one attached hydrogen (secondary N) is 3. The van der Waals surface area contributed by atoms with E-state index in [0.29, 0.717) is 36.6 Å². The molecule has 9 nitrogen and oxygen atoms in total. The number of urea groups is 1. The van der Waals surface area contributed by atoms with Crippen LogP contribution in [-0.2, 0) is 17.7 Å². The van der Waals surface area contributed by atoms with Crippen LogP contribution in [0.25, 0.3) is 0 Å². The fourth-order valence-corrected chi connectivity index (χ4v) is 4.19. The molecule has 0 spiro atoms. The maximum Gasteiger partial charge on any atom is 0.412 e. The van der Waals surface area contributed by atoms with E-state index >= 15 is 0 Å². The van der Waals surface area contributed by atoms with E-state index in [-0.39, 0.29) is 11.9 Å². The number of carbonyl (C=O) groups is 3. The predicted octanol–water partition coefficient (Wildman–Crippen LogP) is 5.99. The van der Waals surface area contributed by atoms with Crippen molar-refractivity contribution in [1.29, 1.82) is 0 Å². The molecule has 0 heterocycles. The van der Waals surface area contributed by atoms with Crippen molar-refractivity contribution >= 4 is 29.4 Å². The van der Waals surface area contributed by atoms with Gasteiger partial charge in [-0.3, -0.25) is 10.1 Å². The lowest BCUT2D eigenvalue weighted by Gasteiger charge is -2.24. The van der Waals surface area contributed by atoms with Crippen LogP contribution in [0, 0.1) is 0 Å². The highest BCUT2D eigenvalue weighted by Crippen LogP contribution is 2.23. The summed E-state index contributed by atoms with van der Waals surface area (Å²) in [6.07, 6.45) is 1.00. The molecule has 0 aromatic heterocycles. The average Bonchev–Trinajstić information content (AvgIpc) is 2.93. The molecule has 0 aliphatic heterocycles. The first-order chi connectivity index (χ1) is 20.0. The Balaban J connectivity index is 1.61. The zero-order chi connectivity index (χ0) is 30.5. The van der Waals surface area contributed by atoms with Gasteiger partial charge in [0.05, 0.1) is 11.4 Å². The number of hydrogen-bond acceptors (Lipinski definition) is 5. The van der Waals surface area contributed by atoms with E-state index in [1.807, 2.05) is 49.3 Å². The third kappa shape index (κ3) is 11.2. The van der Waals surface area contributed by atoms with Gasteiger partial charge in [0.1, 0.15) is 5.60 Å². The number of hydrogen-bond donors (Lipinski definition) is 3. The number of rotatable bonds is 12. The zero-order valence-corrected chi connectivity index (χ0v) is 25.3. The van der Waals surface area contributed by atoms with Crippen LogP contribution in [0.1, 0.15) is 48.7 Å². The van der Waals surface area contributed by atoms with Gasteiger partial charge in [0.15, 0.2) is 0 Å². The summed E-state index contributed by atoms with van der Waals surface area (Å²) in [5.41, 5.74) is 2.79. The van der Waals surface area contributed by atoms with E-state index in [1.54, 1.807) is 57.2 Å². The molecule has 0 saturated heterocycles. The van der Waals surface area contributed by atoms with Gasteiger partial charge in [-0.2, -0.15) is 0 Å². The summed E-state index contributed by atoms with van der Waals surface area (Å²) in [6, 6.07) is 24.1. The molecule has 224 valence electrons. The molecule has 0 bridgehead atoms. The molecule has 9 heteroatoms. The maximum atomic E-state index is 13.1. The molecule has 3 aromatic rings. The van der Waals surface area contributed by atoms with Crippen LogP contribution in [0.15, 0.2) is 78.9 Å². The minimum atomic E-state index is -0.644. The summed E-state index contributed by atoms with van der Waals surface area (Å²) < 4.78 is 5.33. The van der Waals surface area contributed by atoms with Crippen molar-refractivity contribution in [3.8, 4) is 0 Å². The first kappa shape index (κ1) is 32.1. The smallest absolute Gasteiger partial charge is 0.412 e. The van der Waals surface area contributed by atoms with Gasteiger partial charge in [-0.1, -0.05) is 54.6 Å². The molecule has 0 aliphatic rings. The lowest BCUT2D eigenvalue weighted by atomic mass is 10.1. The number of ether oxygens (including phenoxy) is 1. The van der Waals surface area contributed by atoms with E-state index in [1.165, 1.54) is 5.56 Å². The topological polar surface area (TPSA) is 103 Å². The summed E-state index contributed by atoms with van der Waals surface area (Å²) >= 11 is 0. The molecule has 3 N–H and O–H groups in total. The summed E-state index contributed by atoms with van der Waals surface area (Å²) in [6.45, 7) is 7.81. The quantitative estimate of drug-likeness (QED) is 0.247. The Hall–Kier alpha value is -4.37. The number of carbonyl (C=O) groups excluding carboxylic acids is 3. The summed E-state index contributed by atoms with van der Waals surface area (Å²) in [4.78, 5) is 42.3. The molecule has 3 rings (SSSR count). The second-order valence-electron chi connectivity index (χ2n) is 11.4. The van der Waals surface area contributed by atoms with Crippen molar-refractivity contribution in [2.75, 3.05) is 44.4 Å². The normalized spacial score (nSPS) is 11.1. The molecule has 4 amide bonds. The SMILES string of the molecule is CN(C)CCCN(Cc1ccc(C(=O)Nc2ccccc2NC(=O)OC(C)(C)C)cc1)C(=O)NCCc1ccccc1. The van der Waals surface area contributed by atoms with Gasteiger partial charge in [0, 0.05) is 25.2 Å². The Morgan fingerprint density at radius 1 is 0.762 bits per heavy atom. The Bertz CT molecular complexity index is 1300. The van der Waals surface area contributed by atoms with Gasteiger partial charge in [-0.25, -0.2) is 9.59 Å². The van der Waals surface area contributed by atoms with Gasteiger partial charge < -0.3 is 25.2 Å². The van der Waals surface area contributed by atoms with Crippen molar-refractivity contribution in [3.63, 3.8) is 0 Å². The van der Waals surface area contributed by atoms with Gasteiger partial charge >= 0.3 is 12.1 Å². The molecule has 42 heavy (non-hydrogen) atoms. The van der Waals surface area contributed by atoms with Crippen LogP contribution in [0.2, 0.25) is 0 Å². The van der Waals surface area contributed by atoms with Crippen LogP contribution in [-0.4, -0.2) is 67.2 Å². The Labute approximate surface area is 249 Å². The van der Waals surface area contributed by atoms with E-state index in [2.05, 4.69) is 33.0 Å². The highest BCUT2D eigenvalue weighted by Gasteiger charge is 2.18. The molecule has 0 fully saturated rings. The standard InChI is InChI=1S/C33H43N5O4/c1-33(2,3)42-32(41)36-29-15-10-9-14-28(29)35-30(39)27-18-16-26(17-19-27)24-38(23-11-22-37(4)5)31(40)34-21-20-25-12-7-6-8-13-25/h6-10,12-19H,11,20-24H2,1-5H3,(H,34,40)(H,35,39)(H,36,41). The fraction of sp³-hybridized carbons (Fsp3) is 0.364. The number of benzene rings is 3. The average molecular weight is 574 g/mol. The number of para-hydroxylation sites is 2. The zero-order valence-electron chi connectivity index (χ0n) is 25.3. The largest absolute Gasteiger partial charge is 0.444 e. The number of anilines is 2. The third-order valence-electron chi connectivity index (χ3n) is 6.25. The van der Waals surface area contributed by atoms with E-state index in [4.69, 9.17) is 4.74 Å². The van der Waals surface area contributed by atoms with E-state index < -0.39 is 11.7 Å². The van der Waals surface area contributed by atoms with Crippen LogP contribution < -0.4 is 16.0 Å². The van der Waals surface area contributed by atoms with Crippen molar-refractivity contribution in [2.45, 2.75) is 45.8 Å². The first-order valence-electron chi connectivity index (χ1n) is 14.2. The van der Waals surface area contributed by atoms with Gasteiger partial charge in [-0.05, 0) is 89.6 Å². The molecule has 0 aliphatic carbocycles. The van der Waals surface area contributed by atoms with Crippen LogP contribution in [0.3, 0.4) is 0 Å². The first-order valence-corrected chi connectivity index (χ1v) is 14.2. The second-order valence-corrected chi connectivity index (χ2v) is 11.4. The lowest BCUT2D eigenvalue weighted by Crippen LogP contribution is -2.41. The van der Waals surface area contributed by atoms with Gasteiger partial charge in [0.25, 0.3) is 5.91 Å². The molecule has 0 radical (unpaired) electrons. The third-order valence-corrected chi connectivity index (χ3v) is 6.25. The second kappa shape index (κ2) is 15.6. The lowest BCUT2D eigenvalue weighted by molar-refractivity contribution is 0.0635. The van der Waals surface area contributed by atoms with Crippen molar-refractivity contribution in [1.82, 2.24) is 15.1 Å². The van der Waals surface area contributed by atoms with Crippen LogP contribution in [0.5, 0.6) is 0 Å². The van der Waals surface area contributed by atoms with Crippen LogP contribution in [0.4, 0.5) is 21.0 Å². The number of nitrogens with zero attached hydrogens (tertiary/aromatic N) is 2. The van der Waals surface area contributed by atoms with E-state index in [0.717, 1.165) is 24.9 Å². The molecule has 3 aromatic carbocycles. The Kier molecular flexibility index (Phi) is 11.9. The van der Waals surface area contributed by atoms with Crippen molar-refractivity contribution < 1.29 is 19.1 Å². The summed E-state index contributed by atoms with van der Waals surface area (Å²) in [5, 5.41) is 8.60. The molecule has 0 atom stereocenters. The molecule has 0 unspecified atom stereocenters. The Morgan fingerprint density at radius 2 is 1.38 bits per heavy atom. The van der Waals surface area contributed by atoms with Gasteiger partial charge in [-0.15, -0.1) is 0 Å². The molecular formula is C33H43N5O4. The maximum absolute atomic E-state index is 13.1. The number of amides is 4. The summed E-state index contributed by atoms with van der Waals surface area (Å²) in [7, 11) is 4.03. The van der Waals surface area contributed by atoms with Crippen molar-refractivity contribution in [3.05, 3.63) is 95.6 Å². The Morgan fingerprint density at radius 3 is 2.00 bits per heavy atom. The molecular weight excluding hydrogens is 530 g/mol. The minimum Gasteiger partial charge on any atom is -0.444 e. The summed E-state index contributed by atoms with van der Waals surface area (Å²) in [5.74, 6) is -0.318. The van der Waals surface area contributed by atoms with Crippen molar-refractivity contribution in [2.24, 2.45) is 0 Å². The highest BCUT2D eigenvalue weighted by atomic mass is 16.6. The minimum absolute atomic E-state index is 0.111. The molecule has 0 saturated carbocycles. The van der Waals surface area contributed by atoms with Crippen LogP contribution >= 0.6 is 0 Å². The monoisotopic (exact) mass is 573 g/mol. The predicted molar refractivity (Wildman–Crippen MR) is 168 cm³/mol. The fourth-order valence-electron chi connectivity index (χ4n) is 4.19. The van der Waals surface area contributed by atoms with E-state index in [9.17, 15) is 14.4 Å². The highest BCUT2D eigenvalue weighted by molar-refractivity contribution is 6.06.